The van der Waals surface area contributed by atoms with Gasteiger partial charge >= 0.3 is 5.97 Å². The molecule has 122 valence electrons. The van der Waals surface area contributed by atoms with E-state index in [1.165, 1.54) is 13.8 Å². The molecule has 10 heteroatoms. The summed E-state index contributed by atoms with van der Waals surface area (Å²) >= 11 is 0. The molecule has 0 fully saturated rings. The van der Waals surface area contributed by atoms with Crippen molar-refractivity contribution in [1.82, 2.24) is 10.6 Å². The summed E-state index contributed by atoms with van der Waals surface area (Å²) in [6.07, 6.45) is -0.401. The minimum Gasteiger partial charge on any atom is -0.480 e. The van der Waals surface area contributed by atoms with Crippen molar-refractivity contribution in [1.29, 1.82) is 0 Å². The predicted molar refractivity (Wildman–Crippen MR) is 76.1 cm³/mol. The van der Waals surface area contributed by atoms with Crippen molar-refractivity contribution in [3.63, 3.8) is 0 Å². The van der Waals surface area contributed by atoms with Crippen LogP contribution < -0.4 is 16.4 Å². The maximum atomic E-state index is 11.6. The van der Waals surface area contributed by atoms with Crippen molar-refractivity contribution < 1.29 is 28.9 Å². The third-order valence-corrected chi connectivity index (χ3v) is 3.67. The Kier molecular flexibility index (Phi) is 7.56. The third-order valence-electron chi connectivity index (χ3n) is 2.52. The molecule has 0 saturated carbocycles. The van der Waals surface area contributed by atoms with E-state index in [-0.39, 0.29) is 12.6 Å². The number of hydrogen-bond acceptors (Lipinski definition) is 5. The number of carboxylic acid groups (broad SMARTS) is 1. The van der Waals surface area contributed by atoms with Crippen molar-refractivity contribution in [2.75, 3.05) is 12.8 Å². The molecule has 0 aromatic rings. The normalized spacial score (nSPS) is 18.0. The Morgan fingerprint density at radius 3 is 2.14 bits per heavy atom. The highest BCUT2D eigenvalue weighted by molar-refractivity contribution is 7.57. The van der Waals surface area contributed by atoms with Gasteiger partial charge in [-0.15, -0.1) is 0 Å². The molecule has 0 bridgehead atoms. The molecule has 0 aliphatic heterocycles. The van der Waals surface area contributed by atoms with Crippen LogP contribution in [0.2, 0.25) is 0 Å². The highest BCUT2D eigenvalue weighted by Gasteiger charge is 2.22. The van der Waals surface area contributed by atoms with Crippen LogP contribution in [0.5, 0.6) is 0 Å². The second kappa shape index (κ2) is 8.11. The summed E-state index contributed by atoms with van der Waals surface area (Å²) < 4.78 is 11.1. The van der Waals surface area contributed by atoms with Gasteiger partial charge in [0.05, 0.1) is 0 Å². The molecular weight excluding hydrogens is 301 g/mol. The number of nitrogens with two attached hydrogens (primary N) is 1. The first kappa shape index (κ1) is 19.6. The van der Waals surface area contributed by atoms with Gasteiger partial charge in [0.25, 0.3) is 0 Å². The molecule has 9 nitrogen and oxygen atoms in total. The van der Waals surface area contributed by atoms with E-state index in [4.69, 9.17) is 15.7 Å². The van der Waals surface area contributed by atoms with Crippen molar-refractivity contribution in [2.45, 2.75) is 38.4 Å². The lowest BCUT2D eigenvalue weighted by Crippen LogP contribution is -2.50. The SMILES string of the molecule is C[C@H](NC(=O)[C@H](C)NC(=O)C[C@H](N)CP(C)(=O)O)C(=O)O. The number of hydrogen-bond donors (Lipinski definition) is 5. The number of aliphatic carboxylic acids is 1. The van der Waals surface area contributed by atoms with E-state index in [9.17, 15) is 18.9 Å². The van der Waals surface area contributed by atoms with E-state index < -0.39 is 43.3 Å². The Hall–Kier alpha value is -1.44. The van der Waals surface area contributed by atoms with Gasteiger partial charge in [0, 0.05) is 25.3 Å². The van der Waals surface area contributed by atoms with Gasteiger partial charge in [0.1, 0.15) is 12.1 Å². The van der Waals surface area contributed by atoms with Crippen LogP contribution in [0, 0.1) is 0 Å². The zero-order valence-corrected chi connectivity index (χ0v) is 13.1. The van der Waals surface area contributed by atoms with Crippen LogP contribution in [0.3, 0.4) is 0 Å². The quantitative estimate of drug-likeness (QED) is 0.347. The summed E-state index contributed by atoms with van der Waals surface area (Å²) in [5, 5.41) is 13.2. The number of nitrogens with one attached hydrogen (secondary N) is 2. The Balaban J connectivity index is 4.29. The second-order valence-electron chi connectivity index (χ2n) is 5.06. The van der Waals surface area contributed by atoms with Crippen molar-refractivity contribution in [3.05, 3.63) is 0 Å². The van der Waals surface area contributed by atoms with Crippen LogP contribution in [0.4, 0.5) is 0 Å². The smallest absolute Gasteiger partial charge is 0.325 e. The van der Waals surface area contributed by atoms with Gasteiger partial charge in [-0.1, -0.05) is 0 Å². The Morgan fingerprint density at radius 2 is 1.71 bits per heavy atom. The minimum absolute atomic E-state index is 0.197. The standard InChI is InChI=1S/C11H22N3O6P/c1-6(10(16)14-7(2)11(17)18)13-9(15)4-8(12)5-21(3,19)20/h6-8H,4-5,12H2,1-3H3,(H,13,15)(H,14,16)(H,17,18)(H,19,20)/t6-,7-,8-/m0/s1. The maximum absolute atomic E-state index is 11.6. The van der Waals surface area contributed by atoms with Gasteiger partial charge in [-0.2, -0.15) is 0 Å². The molecule has 21 heavy (non-hydrogen) atoms. The predicted octanol–water partition coefficient (Wildman–Crippen LogP) is -1.30. The molecule has 0 aliphatic carbocycles. The fourth-order valence-corrected chi connectivity index (χ4v) is 2.50. The Bertz CT molecular complexity index is 449. The lowest BCUT2D eigenvalue weighted by molar-refractivity contribution is -0.141. The number of rotatable bonds is 8. The summed E-state index contributed by atoms with van der Waals surface area (Å²) in [4.78, 5) is 43.0. The molecule has 6 N–H and O–H groups in total. The molecule has 1 unspecified atom stereocenters. The summed E-state index contributed by atoms with van der Waals surface area (Å²) in [5.41, 5.74) is 5.56. The number of carbonyl (C=O) groups is 3. The molecule has 0 heterocycles. The van der Waals surface area contributed by atoms with Crippen LogP contribution in [0.1, 0.15) is 20.3 Å². The molecule has 0 aromatic carbocycles. The zero-order valence-electron chi connectivity index (χ0n) is 12.2. The van der Waals surface area contributed by atoms with Crippen LogP contribution in [0.15, 0.2) is 0 Å². The van der Waals surface area contributed by atoms with E-state index >= 15 is 0 Å². The van der Waals surface area contributed by atoms with Gasteiger partial charge in [-0.3, -0.25) is 18.9 Å². The van der Waals surface area contributed by atoms with Crippen LogP contribution in [-0.4, -0.2) is 58.7 Å². The minimum atomic E-state index is -3.31. The lowest BCUT2D eigenvalue weighted by atomic mass is 10.2. The van der Waals surface area contributed by atoms with E-state index in [0.29, 0.717) is 0 Å². The highest BCUT2D eigenvalue weighted by atomic mass is 31.2. The first-order chi connectivity index (χ1) is 9.42. The number of carboxylic acids is 1. The third kappa shape index (κ3) is 9.17. The lowest BCUT2D eigenvalue weighted by Gasteiger charge is -2.18. The summed E-state index contributed by atoms with van der Waals surface area (Å²) in [6, 6.07) is -2.80. The van der Waals surface area contributed by atoms with Gasteiger partial charge in [0.15, 0.2) is 7.37 Å². The van der Waals surface area contributed by atoms with Crippen LogP contribution in [0.25, 0.3) is 0 Å². The molecule has 0 aromatic heterocycles. The summed E-state index contributed by atoms with van der Waals surface area (Å²) in [7, 11) is -3.31. The average molecular weight is 323 g/mol. The van der Waals surface area contributed by atoms with Gasteiger partial charge in [0.2, 0.25) is 11.8 Å². The van der Waals surface area contributed by atoms with Crippen LogP contribution >= 0.6 is 7.37 Å². The first-order valence-corrected chi connectivity index (χ1v) is 8.59. The van der Waals surface area contributed by atoms with Crippen molar-refractivity contribution >= 4 is 25.2 Å². The molecule has 0 spiro atoms. The first-order valence-electron chi connectivity index (χ1n) is 6.29. The number of amides is 2. The van der Waals surface area contributed by atoms with Crippen molar-refractivity contribution in [3.8, 4) is 0 Å². The Morgan fingerprint density at radius 1 is 1.19 bits per heavy atom. The second-order valence-corrected chi connectivity index (χ2v) is 7.52. The average Bonchev–Trinajstić information content (AvgIpc) is 2.24. The molecule has 2 amide bonds. The Labute approximate surface area is 122 Å². The molecule has 0 rings (SSSR count). The summed E-state index contributed by atoms with van der Waals surface area (Å²) in [6.45, 7) is 3.84. The monoisotopic (exact) mass is 323 g/mol. The summed E-state index contributed by atoms with van der Waals surface area (Å²) in [5.74, 6) is -2.39. The van der Waals surface area contributed by atoms with E-state index in [1.54, 1.807) is 0 Å². The van der Waals surface area contributed by atoms with E-state index in [2.05, 4.69) is 10.6 Å². The van der Waals surface area contributed by atoms with E-state index in [0.717, 1.165) is 6.66 Å². The highest BCUT2D eigenvalue weighted by Crippen LogP contribution is 2.35. The zero-order chi connectivity index (χ0) is 16.8. The van der Waals surface area contributed by atoms with E-state index in [1.807, 2.05) is 0 Å². The fourth-order valence-electron chi connectivity index (χ4n) is 1.50. The molecule has 4 atom stereocenters. The molecule has 0 saturated heterocycles. The van der Waals surface area contributed by atoms with Crippen LogP contribution in [-0.2, 0) is 18.9 Å². The molecule has 0 aliphatic rings. The number of carbonyl (C=O) groups excluding carboxylic acids is 2. The van der Waals surface area contributed by atoms with Gasteiger partial charge < -0.3 is 26.4 Å². The molecule has 0 radical (unpaired) electrons. The largest absolute Gasteiger partial charge is 0.480 e. The molecular formula is C11H22N3O6P. The fraction of sp³-hybridized carbons (Fsp3) is 0.727. The maximum Gasteiger partial charge on any atom is 0.325 e. The van der Waals surface area contributed by atoms with Crippen molar-refractivity contribution in [2.24, 2.45) is 5.73 Å². The van der Waals surface area contributed by atoms with Gasteiger partial charge in [-0.25, -0.2) is 0 Å². The topological polar surface area (TPSA) is 159 Å². The van der Waals surface area contributed by atoms with Gasteiger partial charge in [-0.05, 0) is 13.8 Å².